The highest BCUT2D eigenvalue weighted by Gasteiger charge is 2.33. The summed E-state index contributed by atoms with van der Waals surface area (Å²) in [6, 6.07) is 3.40. The summed E-state index contributed by atoms with van der Waals surface area (Å²) in [5.74, 6) is 0.592. The maximum absolute atomic E-state index is 12.1. The SMILES string of the molecule is CC1CC(CN)CN1C(=O)c1ccc(Cl)o1. The van der Waals surface area contributed by atoms with E-state index in [0.717, 1.165) is 6.42 Å². The molecule has 2 atom stereocenters. The zero-order valence-electron chi connectivity index (χ0n) is 9.15. The molecule has 2 unspecified atom stereocenters. The first-order chi connectivity index (χ1) is 7.61. The van der Waals surface area contributed by atoms with Gasteiger partial charge >= 0.3 is 0 Å². The van der Waals surface area contributed by atoms with E-state index in [1.54, 1.807) is 17.0 Å². The Hall–Kier alpha value is -1.00. The Kier molecular flexibility index (Phi) is 3.21. The normalized spacial score (nSPS) is 25.1. The quantitative estimate of drug-likeness (QED) is 0.860. The summed E-state index contributed by atoms with van der Waals surface area (Å²) in [7, 11) is 0. The summed E-state index contributed by atoms with van der Waals surface area (Å²) in [6.07, 6.45) is 0.955. The standard InChI is InChI=1S/C11H15ClN2O2/c1-7-4-8(5-13)6-14(7)11(15)9-2-3-10(12)16-9/h2-3,7-8H,4-6,13H2,1H3. The van der Waals surface area contributed by atoms with E-state index in [4.69, 9.17) is 21.8 Å². The average Bonchev–Trinajstić information content (AvgIpc) is 2.83. The highest BCUT2D eigenvalue weighted by atomic mass is 35.5. The fraction of sp³-hybridized carbons (Fsp3) is 0.545. The van der Waals surface area contributed by atoms with Gasteiger partial charge < -0.3 is 15.1 Å². The van der Waals surface area contributed by atoms with Crippen LogP contribution in [-0.4, -0.2) is 29.9 Å². The molecule has 1 aromatic heterocycles. The second-order valence-electron chi connectivity index (χ2n) is 4.25. The molecule has 2 heterocycles. The molecule has 0 radical (unpaired) electrons. The molecule has 0 spiro atoms. The van der Waals surface area contributed by atoms with Crippen LogP contribution >= 0.6 is 11.6 Å². The number of halogens is 1. The Morgan fingerprint density at radius 2 is 2.44 bits per heavy atom. The van der Waals surface area contributed by atoms with Crippen molar-refractivity contribution in [3.8, 4) is 0 Å². The number of hydrogen-bond donors (Lipinski definition) is 1. The molecule has 0 saturated carbocycles. The lowest BCUT2D eigenvalue weighted by Crippen LogP contribution is -2.34. The summed E-state index contributed by atoms with van der Waals surface area (Å²) in [6.45, 7) is 3.35. The second kappa shape index (κ2) is 4.47. The Bertz CT molecular complexity index is 391. The predicted molar refractivity (Wildman–Crippen MR) is 61.4 cm³/mol. The number of carbonyl (C=O) groups is 1. The van der Waals surface area contributed by atoms with Crippen molar-refractivity contribution in [1.82, 2.24) is 4.90 Å². The number of amides is 1. The first-order valence-electron chi connectivity index (χ1n) is 5.38. The van der Waals surface area contributed by atoms with Crippen LogP contribution in [0.5, 0.6) is 0 Å². The highest BCUT2D eigenvalue weighted by Crippen LogP contribution is 2.25. The van der Waals surface area contributed by atoms with Crippen LogP contribution in [0, 0.1) is 5.92 Å². The van der Waals surface area contributed by atoms with Crippen molar-refractivity contribution in [2.24, 2.45) is 11.7 Å². The van der Waals surface area contributed by atoms with Gasteiger partial charge in [-0.15, -0.1) is 0 Å². The summed E-state index contributed by atoms with van der Waals surface area (Å²) in [5.41, 5.74) is 5.62. The van der Waals surface area contributed by atoms with Gasteiger partial charge in [0.25, 0.3) is 5.91 Å². The van der Waals surface area contributed by atoms with E-state index in [1.807, 2.05) is 6.92 Å². The van der Waals surface area contributed by atoms with E-state index in [9.17, 15) is 4.79 Å². The zero-order valence-corrected chi connectivity index (χ0v) is 9.91. The van der Waals surface area contributed by atoms with Gasteiger partial charge in [0.05, 0.1) is 0 Å². The number of furan rings is 1. The Morgan fingerprint density at radius 3 is 2.94 bits per heavy atom. The third kappa shape index (κ3) is 2.08. The van der Waals surface area contributed by atoms with Crippen molar-refractivity contribution < 1.29 is 9.21 Å². The van der Waals surface area contributed by atoms with E-state index in [0.29, 0.717) is 24.8 Å². The minimum absolute atomic E-state index is 0.102. The monoisotopic (exact) mass is 242 g/mol. The van der Waals surface area contributed by atoms with Gasteiger partial charge in [0.15, 0.2) is 11.0 Å². The first kappa shape index (κ1) is 11.5. The molecule has 16 heavy (non-hydrogen) atoms. The molecule has 0 bridgehead atoms. The van der Waals surface area contributed by atoms with Gasteiger partial charge in [-0.1, -0.05) is 0 Å². The molecular weight excluding hydrogens is 228 g/mol. The number of hydrogen-bond acceptors (Lipinski definition) is 3. The number of carbonyl (C=O) groups excluding carboxylic acids is 1. The molecule has 2 rings (SSSR count). The number of rotatable bonds is 2. The summed E-state index contributed by atoms with van der Waals surface area (Å²) in [5, 5.41) is 0.241. The van der Waals surface area contributed by atoms with Crippen LogP contribution in [0.25, 0.3) is 0 Å². The molecule has 0 aliphatic carbocycles. The van der Waals surface area contributed by atoms with Gasteiger partial charge in [0, 0.05) is 12.6 Å². The minimum atomic E-state index is -0.102. The molecule has 0 aromatic carbocycles. The molecule has 1 aromatic rings. The molecule has 2 N–H and O–H groups in total. The van der Waals surface area contributed by atoms with Crippen LogP contribution in [0.1, 0.15) is 23.9 Å². The van der Waals surface area contributed by atoms with E-state index in [-0.39, 0.29) is 17.2 Å². The Labute approximate surface area is 99.3 Å². The van der Waals surface area contributed by atoms with E-state index >= 15 is 0 Å². The maximum atomic E-state index is 12.1. The molecule has 1 aliphatic rings. The van der Waals surface area contributed by atoms with Crippen LogP contribution in [0.3, 0.4) is 0 Å². The molecule has 5 heteroatoms. The van der Waals surface area contributed by atoms with Crippen LogP contribution in [0.15, 0.2) is 16.5 Å². The van der Waals surface area contributed by atoms with Crippen molar-refractivity contribution in [1.29, 1.82) is 0 Å². The van der Waals surface area contributed by atoms with Gasteiger partial charge in [-0.25, -0.2) is 0 Å². The van der Waals surface area contributed by atoms with Gasteiger partial charge in [-0.3, -0.25) is 4.79 Å². The van der Waals surface area contributed by atoms with Crippen LogP contribution in [0.4, 0.5) is 0 Å². The lowest BCUT2D eigenvalue weighted by Gasteiger charge is -2.19. The average molecular weight is 243 g/mol. The third-order valence-electron chi connectivity index (χ3n) is 3.04. The zero-order chi connectivity index (χ0) is 11.7. The fourth-order valence-electron chi connectivity index (χ4n) is 2.17. The first-order valence-corrected chi connectivity index (χ1v) is 5.76. The molecule has 88 valence electrons. The van der Waals surface area contributed by atoms with Gasteiger partial charge in [0.2, 0.25) is 0 Å². The molecule has 1 saturated heterocycles. The van der Waals surface area contributed by atoms with Crippen LogP contribution in [-0.2, 0) is 0 Å². The van der Waals surface area contributed by atoms with Gasteiger partial charge in [-0.2, -0.15) is 0 Å². The van der Waals surface area contributed by atoms with Crippen molar-refractivity contribution >= 4 is 17.5 Å². The van der Waals surface area contributed by atoms with Crippen LogP contribution < -0.4 is 5.73 Å². The second-order valence-corrected chi connectivity index (χ2v) is 4.62. The highest BCUT2D eigenvalue weighted by molar-refractivity contribution is 6.29. The molecule has 1 aliphatic heterocycles. The molecule has 1 amide bonds. The van der Waals surface area contributed by atoms with Crippen molar-refractivity contribution in [3.63, 3.8) is 0 Å². The Balaban J connectivity index is 2.11. The van der Waals surface area contributed by atoms with Gasteiger partial charge in [0.1, 0.15) is 0 Å². The summed E-state index contributed by atoms with van der Waals surface area (Å²) in [4.78, 5) is 13.9. The van der Waals surface area contributed by atoms with E-state index in [2.05, 4.69) is 0 Å². The van der Waals surface area contributed by atoms with Crippen molar-refractivity contribution in [2.45, 2.75) is 19.4 Å². The largest absolute Gasteiger partial charge is 0.440 e. The third-order valence-corrected chi connectivity index (χ3v) is 3.24. The van der Waals surface area contributed by atoms with Gasteiger partial charge in [-0.05, 0) is 49.5 Å². The smallest absolute Gasteiger partial charge is 0.289 e. The summed E-state index contributed by atoms with van der Waals surface area (Å²) < 4.78 is 5.12. The molecule has 4 nitrogen and oxygen atoms in total. The predicted octanol–water partition coefficient (Wildman–Crippen LogP) is 1.74. The lowest BCUT2D eigenvalue weighted by molar-refractivity contribution is 0.0711. The van der Waals surface area contributed by atoms with Crippen molar-refractivity contribution in [2.75, 3.05) is 13.1 Å². The topological polar surface area (TPSA) is 59.5 Å². The lowest BCUT2D eigenvalue weighted by atomic mass is 10.1. The minimum Gasteiger partial charge on any atom is -0.440 e. The number of likely N-dealkylation sites (tertiary alicyclic amines) is 1. The fourth-order valence-corrected chi connectivity index (χ4v) is 2.31. The Morgan fingerprint density at radius 1 is 1.69 bits per heavy atom. The van der Waals surface area contributed by atoms with E-state index < -0.39 is 0 Å². The summed E-state index contributed by atoms with van der Waals surface area (Å²) >= 11 is 5.65. The maximum Gasteiger partial charge on any atom is 0.289 e. The van der Waals surface area contributed by atoms with Crippen LogP contribution in [0.2, 0.25) is 5.22 Å². The molecular formula is C11H15ClN2O2. The number of nitrogens with two attached hydrogens (primary N) is 1. The number of nitrogens with zero attached hydrogens (tertiary/aromatic N) is 1. The van der Waals surface area contributed by atoms with E-state index in [1.165, 1.54) is 0 Å². The van der Waals surface area contributed by atoms with Crippen molar-refractivity contribution in [3.05, 3.63) is 23.1 Å². The molecule has 1 fully saturated rings.